The van der Waals surface area contributed by atoms with Gasteiger partial charge in [0.1, 0.15) is 12.4 Å². The number of nitrogens with one attached hydrogen (secondary N) is 1. The Hall–Kier alpha value is -2.41. The third-order valence-electron chi connectivity index (χ3n) is 5.27. The minimum absolute atomic E-state index is 0.0222. The molecule has 0 radical (unpaired) electrons. The average Bonchev–Trinajstić information content (AvgIpc) is 2.75. The fraction of sp³-hybridized carbons (Fsp3) is 0.458. The molecular formula is C24H33N3O3. The Morgan fingerprint density at radius 3 is 2.53 bits per heavy atom. The number of ether oxygens (including phenoxy) is 2. The van der Waals surface area contributed by atoms with E-state index < -0.39 is 0 Å². The van der Waals surface area contributed by atoms with Gasteiger partial charge in [0.05, 0.1) is 19.8 Å². The first-order valence-corrected chi connectivity index (χ1v) is 10.6. The molecule has 2 aromatic rings. The van der Waals surface area contributed by atoms with E-state index in [1.54, 1.807) is 0 Å². The number of morpholine rings is 1. The standard InChI is InChI=1S/C24H33N3O3/c1-20-7-9-23(10-8-20)30-16-11-26(2)19-24(28)25-17-21-5-3-4-6-22(21)18-27-12-14-29-15-13-27/h3-10H,11-19H2,1-2H3,(H,25,28). The topological polar surface area (TPSA) is 54.0 Å². The Morgan fingerprint density at radius 2 is 1.80 bits per heavy atom. The molecule has 6 heteroatoms. The van der Waals surface area contributed by atoms with Gasteiger partial charge in [-0.3, -0.25) is 14.6 Å². The van der Waals surface area contributed by atoms with Crippen molar-refractivity contribution in [3.63, 3.8) is 0 Å². The summed E-state index contributed by atoms with van der Waals surface area (Å²) in [4.78, 5) is 16.7. The lowest BCUT2D eigenvalue weighted by Crippen LogP contribution is -2.37. The highest BCUT2D eigenvalue weighted by Crippen LogP contribution is 2.13. The van der Waals surface area contributed by atoms with Crippen LogP contribution in [0.2, 0.25) is 0 Å². The SMILES string of the molecule is Cc1ccc(OCCN(C)CC(=O)NCc2ccccc2CN2CCOCC2)cc1. The quantitative estimate of drug-likeness (QED) is 0.651. The van der Waals surface area contributed by atoms with Gasteiger partial charge in [0.25, 0.3) is 0 Å². The molecule has 30 heavy (non-hydrogen) atoms. The monoisotopic (exact) mass is 411 g/mol. The number of hydrogen-bond donors (Lipinski definition) is 1. The Kier molecular flexibility index (Phi) is 8.68. The molecule has 1 aliphatic rings. The molecule has 0 unspecified atom stereocenters. The number of nitrogens with zero attached hydrogens (tertiary/aromatic N) is 2. The third kappa shape index (κ3) is 7.44. The van der Waals surface area contributed by atoms with E-state index in [1.807, 2.05) is 42.3 Å². The van der Waals surface area contributed by atoms with Gasteiger partial charge in [0.2, 0.25) is 5.91 Å². The summed E-state index contributed by atoms with van der Waals surface area (Å²) >= 11 is 0. The van der Waals surface area contributed by atoms with E-state index in [-0.39, 0.29) is 5.91 Å². The molecule has 3 rings (SSSR count). The van der Waals surface area contributed by atoms with Crippen molar-refractivity contribution in [1.82, 2.24) is 15.1 Å². The zero-order valence-corrected chi connectivity index (χ0v) is 18.1. The van der Waals surface area contributed by atoms with Crippen molar-refractivity contribution in [3.8, 4) is 5.75 Å². The van der Waals surface area contributed by atoms with Crippen molar-refractivity contribution < 1.29 is 14.3 Å². The molecule has 0 saturated carbocycles. The fourth-order valence-electron chi connectivity index (χ4n) is 3.41. The molecule has 6 nitrogen and oxygen atoms in total. The van der Waals surface area contributed by atoms with Crippen LogP contribution in [0.5, 0.6) is 5.75 Å². The lowest BCUT2D eigenvalue weighted by molar-refractivity contribution is -0.122. The van der Waals surface area contributed by atoms with E-state index in [9.17, 15) is 4.79 Å². The average molecular weight is 412 g/mol. The molecule has 1 heterocycles. The van der Waals surface area contributed by atoms with Crippen molar-refractivity contribution in [2.45, 2.75) is 20.0 Å². The lowest BCUT2D eigenvalue weighted by Gasteiger charge is -2.27. The van der Waals surface area contributed by atoms with Crippen LogP contribution in [0.1, 0.15) is 16.7 Å². The molecule has 162 valence electrons. The van der Waals surface area contributed by atoms with E-state index in [1.165, 1.54) is 16.7 Å². The van der Waals surface area contributed by atoms with Crippen molar-refractivity contribution in [2.75, 3.05) is 53.0 Å². The molecule has 1 amide bonds. The normalized spacial score (nSPS) is 14.6. The molecule has 1 fully saturated rings. The maximum atomic E-state index is 12.4. The Labute approximate surface area is 179 Å². The van der Waals surface area contributed by atoms with Crippen LogP contribution < -0.4 is 10.1 Å². The number of carbonyl (C=O) groups excluding carboxylic acids is 1. The van der Waals surface area contributed by atoms with Crippen molar-refractivity contribution in [2.24, 2.45) is 0 Å². The predicted molar refractivity (Wildman–Crippen MR) is 119 cm³/mol. The summed E-state index contributed by atoms with van der Waals surface area (Å²) in [6.45, 7) is 8.58. The molecule has 0 bridgehead atoms. The number of benzene rings is 2. The molecule has 0 aliphatic carbocycles. The van der Waals surface area contributed by atoms with Gasteiger partial charge >= 0.3 is 0 Å². The number of amides is 1. The van der Waals surface area contributed by atoms with E-state index in [0.29, 0.717) is 26.2 Å². The van der Waals surface area contributed by atoms with Crippen molar-refractivity contribution >= 4 is 5.91 Å². The molecule has 1 aliphatic heterocycles. The highest BCUT2D eigenvalue weighted by Gasteiger charge is 2.13. The zero-order valence-electron chi connectivity index (χ0n) is 18.1. The van der Waals surface area contributed by atoms with Gasteiger partial charge in [-0.1, -0.05) is 42.0 Å². The van der Waals surface area contributed by atoms with Crippen LogP contribution in [0.3, 0.4) is 0 Å². The Balaban J connectivity index is 1.39. The van der Waals surface area contributed by atoms with E-state index in [2.05, 4.69) is 35.3 Å². The summed E-state index contributed by atoms with van der Waals surface area (Å²) < 4.78 is 11.2. The van der Waals surface area contributed by atoms with Crippen LogP contribution in [-0.2, 0) is 22.6 Å². The second-order valence-electron chi connectivity index (χ2n) is 7.83. The summed E-state index contributed by atoms with van der Waals surface area (Å²) in [5, 5.41) is 3.06. The third-order valence-corrected chi connectivity index (χ3v) is 5.27. The zero-order chi connectivity index (χ0) is 21.2. The maximum absolute atomic E-state index is 12.4. The molecule has 0 atom stereocenters. The number of rotatable bonds is 10. The first-order chi connectivity index (χ1) is 14.6. The number of aryl methyl sites for hydroxylation is 1. The van der Waals surface area contributed by atoms with E-state index >= 15 is 0 Å². The highest BCUT2D eigenvalue weighted by molar-refractivity contribution is 5.78. The smallest absolute Gasteiger partial charge is 0.234 e. The number of carbonyl (C=O) groups is 1. The van der Waals surface area contributed by atoms with Crippen LogP contribution >= 0.6 is 0 Å². The molecule has 1 saturated heterocycles. The highest BCUT2D eigenvalue weighted by atomic mass is 16.5. The Bertz CT molecular complexity index is 789. The summed E-state index contributed by atoms with van der Waals surface area (Å²) in [5.41, 5.74) is 3.64. The second kappa shape index (κ2) is 11.7. The van der Waals surface area contributed by atoms with Crippen molar-refractivity contribution in [3.05, 3.63) is 65.2 Å². The largest absolute Gasteiger partial charge is 0.492 e. The van der Waals surface area contributed by atoms with Gasteiger partial charge in [-0.2, -0.15) is 0 Å². The predicted octanol–water partition coefficient (Wildman–Crippen LogP) is 2.45. The molecular weight excluding hydrogens is 378 g/mol. The van der Waals surface area contributed by atoms with Gasteiger partial charge in [0.15, 0.2) is 0 Å². The second-order valence-corrected chi connectivity index (χ2v) is 7.83. The minimum Gasteiger partial charge on any atom is -0.492 e. The van der Waals surface area contributed by atoms with Crippen LogP contribution in [-0.4, -0.2) is 68.8 Å². The van der Waals surface area contributed by atoms with Gasteiger partial charge in [-0.25, -0.2) is 0 Å². The summed E-state index contributed by atoms with van der Waals surface area (Å²) in [6.07, 6.45) is 0. The summed E-state index contributed by atoms with van der Waals surface area (Å²) in [6, 6.07) is 16.3. The lowest BCUT2D eigenvalue weighted by atomic mass is 10.1. The van der Waals surface area contributed by atoms with Crippen LogP contribution in [0.25, 0.3) is 0 Å². The number of likely N-dealkylation sites (N-methyl/N-ethyl adjacent to an activating group) is 1. The maximum Gasteiger partial charge on any atom is 0.234 e. The molecule has 0 spiro atoms. The number of hydrogen-bond acceptors (Lipinski definition) is 5. The van der Waals surface area contributed by atoms with E-state index in [0.717, 1.165) is 38.6 Å². The molecule has 2 aromatic carbocycles. The van der Waals surface area contributed by atoms with Gasteiger partial charge in [-0.05, 0) is 37.2 Å². The van der Waals surface area contributed by atoms with Gasteiger partial charge in [0, 0.05) is 32.7 Å². The molecule has 1 N–H and O–H groups in total. The van der Waals surface area contributed by atoms with Crippen LogP contribution in [0.4, 0.5) is 0 Å². The van der Waals surface area contributed by atoms with Crippen LogP contribution in [0, 0.1) is 6.92 Å². The Morgan fingerprint density at radius 1 is 1.10 bits per heavy atom. The minimum atomic E-state index is 0.0222. The van der Waals surface area contributed by atoms with Crippen LogP contribution in [0.15, 0.2) is 48.5 Å². The first-order valence-electron chi connectivity index (χ1n) is 10.6. The fourth-order valence-corrected chi connectivity index (χ4v) is 3.41. The summed E-state index contributed by atoms with van der Waals surface area (Å²) in [5.74, 6) is 0.879. The molecule has 0 aromatic heterocycles. The van der Waals surface area contributed by atoms with Crippen molar-refractivity contribution in [1.29, 1.82) is 0 Å². The first kappa shape index (κ1) is 22.3. The van der Waals surface area contributed by atoms with Gasteiger partial charge in [-0.15, -0.1) is 0 Å². The summed E-state index contributed by atoms with van der Waals surface area (Å²) in [7, 11) is 1.93. The van der Waals surface area contributed by atoms with E-state index in [4.69, 9.17) is 9.47 Å². The van der Waals surface area contributed by atoms with Gasteiger partial charge < -0.3 is 14.8 Å².